The second kappa shape index (κ2) is 8.12. The van der Waals surface area contributed by atoms with Gasteiger partial charge in [0.2, 0.25) is 11.8 Å². The zero-order valence-corrected chi connectivity index (χ0v) is 11.6. The van der Waals surface area contributed by atoms with Crippen molar-refractivity contribution < 1.29 is 14.3 Å². The highest BCUT2D eigenvalue weighted by atomic mass is 16.5. The first-order valence-electron chi connectivity index (χ1n) is 6.33. The Bertz CT molecular complexity index is 471. The smallest absolute Gasteiger partial charge is 0.246 e. The predicted molar refractivity (Wildman–Crippen MR) is 76.7 cm³/mol. The Hall–Kier alpha value is -2.14. The van der Waals surface area contributed by atoms with Crippen LogP contribution in [0.25, 0.3) is 0 Å². The fraction of sp³-hybridized carbons (Fsp3) is 0.333. The molecular weight excluding hydrogens is 256 g/mol. The Morgan fingerprint density at radius 2 is 2.00 bits per heavy atom. The van der Waals surface area contributed by atoms with E-state index in [1.807, 2.05) is 30.3 Å². The highest BCUT2D eigenvalue weighted by Crippen LogP contribution is 2.02. The summed E-state index contributed by atoms with van der Waals surface area (Å²) in [4.78, 5) is 22.8. The second-order valence-corrected chi connectivity index (χ2v) is 4.66. The summed E-state index contributed by atoms with van der Waals surface area (Å²) < 4.78 is 5.28. The van der Waals surface area contributed by atoms with Gasteiger partial charge in [-0.05, 0) is 18.9 Å². The summed E-state index contributed by atoms with van der Waals surface area (Å²) in [5, 5.41) is 2.53. The maximum atomic E-state index is 11.7. The number of nitrogens with one attached hydrogen (secondary N) is 1. The van der Waals surface area contributed by atoms with Crippen LogP contribution < -0.4 is 11.1 Å². The highest BCUT2D eigenvalue weighted by Gasteiger charge is 2.17. The summed E-state index contributed by atoms with van der Waals surface area (Å²) in [6.07, 6.45) is 0.333. The maximum Gasteiger partial charge on any atom is 0.246 e. The van der Waals surface area contributed by atoms with Crippen molar-refractivity contribution in [2.45, 2.75) is 26.0 Å². The summed E-state index contributed by atoms with van der Waals surface area (Å²) in [6.45, 7) is 5.69. The number of rotatable bonds is 8. The van der Waals surface area contributed by atoms with Crippen molar-refractivity contribution in [2.75, 3.05) is 6.61 Å². The molecule has 0 aliphatic rings. The van der Waals surface area contributed by atoms with Crippen LogP contribution in [0.15, 0.2) is 42.5 Å². The van der Waals surface area contributed by atoms with E-state index in [4.69, 9.17) is 10.5 Å². The van der Waals surface area contributed by atoms with Crippen LogP contribution in [0.5, 0.6) is 0 Å². The summed E-state index contributed by atoms with van der Waals surface area (Å²) in [5.74, 6) is -0.949. The third-order valence-corrected chi connectivity index (χ3v) is 2.58. The molecule has 0 saturated carbocycles. The Balaban J connectivity index is 2.35. The number of amides is 2. The van der Waals surface area contributed by atoms with Crippen LogP contribution in [0.3, 0.4) is 0 Å². The van der Waals surface area contributed by atoms with Crippen LogP contribution in [-0.2, 0) is 20.9 Å². The molecule has 0 bridgehead atoms. The maximum absolute atomic E-state index is 11.7. The standard InChI is InChI=1S/C15H20N2O3/c1-11(2)8-13(15(16)19)17-14(18)10-20-9-12-6-4-3-5-7-12/h3-7,13H,1,8-10H2,2H3,(H2,16,19)(H,17,18)/t13-/m1/s1. The molecule has 0 fully saturated rings. The molecule has 1 rings (SSSR count). The van der Waals surface area contributed by atoms with E-state index >= 15 is 0 Å². The third-order valence-electron chi connectivity index (χ3n) is 2.58. The Kier molecular flexibility index (Phi) is 6.46. The molecule has 3 N–H and O–H groups in total. The van der Waals surface area contributed by atoms with Crippen molar-refractivity contribution >= 4 is 11.8 Å². The fourth-order valence-electron chi connectivity index (χ4n) is 1.64. The van der Waals surface area contributed by atoms with Crippen LogP contribution in [0.2, 0.25) is 0 Å². The van der Waals surface area contributed by atoms with Crippen LogP contribution in [0.4, 0.5) is 0 Å². The van der Waals surface area contributed by atoms with E-state index in [2.05, 4.69) is 11.9 Å². The number of hydrogen-bond acceptors (Lipinski definition) is 3. The molecule has 0 heterocycles. The van der Waals surface area contributed by atoms with Crippen molar-refractivity contribution in [3.8, 4) is 0 Å². The molecule has 5 heteroatoms. The van der Waals surface area contributed by atoms with Gasteiger partial charge in [0.15, 0.2) is 0 Å². The fourth-order valence-corrected chi connectivity index (χ4v) is 1.64. The van der Waals surface area contributed by atoms with Gasteiger partial charge in [0, 0.05) is 0 Å². The summed E-state index contributed by atoms with van der Waals surface area (Å²) in [6, 6.07) is 8.78. The van der Waals surface area contributed by atoms with Crippen molar-refractivity contribution in [1.29, 1.82) is 0 Å². The van der Waals surface area contributed by atoms with Gasteiger partial charge in [-0.25, -0.2) is 0 Å². The summed E-state index contributed by atoms with van der Waals surface area (Å²) in [5.41, 5.74) is 6.97. The molecule has 0 aliphatic carbocycles. The van der Waals surface area contributed by atoms with Crippen molar-refractivity contribution in [3.63, 3.8) is 0 Å². The number of benzene rings is 1. The van der Waals surface area contributed by atoms with Crippen molar-refractivity contribution in [3.05, 3.63) is 48.0 Å². The first kappa shape index (κ1) is 15.9. The average molecular weight is 276 g/mol. The molecule has 0 radical (unpaired) electrons. The van der Waals surface area contributed by atoms with Crippen molar-refractivity contribution in [1.82, 2.24) is 5.32 Å². The molecular formula is C15H20N2O3. The van der Waals surface area contributed by atoms with Crippen molar-refractivity contribution in [2.24, 2.45) is 5.73 Å². The van der Waals surface area contributed by atoms with E-state index in [-0.39, 0.29) is 12.5 Å². The molecule has 0 saturated heterocycles. The molecule has 0 aromatic heterocycles. The molecule has 108 valence electrons. The molecule has 1 aromatic carbocycles. The minimum atomic E-state index is -0.736. The predicted octanol–water partition coefficient (Wildman–Crippen LogP) is 1.14. The van der Waals surface area contributed by atoms with E-state index in [1.165, 1.54) is 0 Å². The normalized spacial score (nSPS) is 11.7. The first-order valence-corrected chi connectivity index (χ1v) is 6.33. The summed E-state index contributed by atoms with van der Waals surface area (Å²) >= 11 is 0. The van der Waals surface area contributed by atoms with Crippen LogP contribution >= 0.6 is 0 Å². The zero-order chi connectivity index (χ0) is 15.0. The molecule has 1 atom stereocenters. The van der Waals surface area contributed by atoms with E-state index in [0.29, 0.717) is 13.0 Å². The van der Waals surface area contributed by atoms with Gasteiger partial charge >= 0.3 is 0 Å². The molecule has 0 unspecified atom stereocenters. The van der Waals surface area contributed by atoms with Crippen LogP contribution in [0.1, 0.15) is 18.9 Å². The Morgan fingerprint density at radius 1 is 1.35 bits per heavy atom. The number of carbonyl (C=O) groups is 2. The molecule has 1 aromatic rings. The number of nitrogens with two attached hydrogens (primary N) is 1. The van der Waals surface area contributed by atoms with E-state index in [0.717, 1.165) is 11.1 Å². The number of primary amides is 1. The lowest BCUT2D eigenvalue weighted by Gasteiger charge is -2.15. The molecule has 0 aliphatic heterocycles. The largest absolute Gasteiger partial charge is 0.368 e. The lowest BCUT2D eigenvalue weighted by molar-refractivity contribution is -0.130. The SMILES string of the molecule is C=C(C)C[C@@H](NC(=O)COCc1ccccc1)C(N)=O. The Morgan fingerprint density at radius 3 is 2.55 bits per heavy atom. The number of carbonyl (C=O) groups excluding carboxylic acids is 2. The van der Waals surface area contributed by atoms with Gasteiger partial charge in [0.25, 0.3) is 0 Å². The average Bonchev–Trinajstić information content (AvgIpc) is 2.38. The zero-order valence-electron chi connectivity index (χ0n) is 11.6. The number of hydrogen-bond donors (Lipinski definition) is 2. The van der Waals surface area contributed by atoms with Gasteiger partial charge in [0.1, 0.15) is 12.6 Å². The third kappa shape index (κ3) is 6.15. The van der Waals surface area contributed by atoms with Crippen LogP contribution in [-0.4, -0.2) is 24.5 Å². The van der Waals surface area contributed by atoms with Gasteiger partial charge < -0.3 is 15.8 Å². The molecule has 2 amide bonds. The monoisotopic (exact) mass is 276 g/mol. The van der Waals surface area contributed by atoms with Crippen LogP contribution in [0, 0.1) is 0 Å². The molecule has 20 heavy (non-hydrogen) atoms. The van der Waals surface area contributed by atoms with Gasteiger partial charge in [-0.1, -0.05) is 35.9 Å². The lowest BCUT2D eigenvalue weighted by atomic mass is 10.1. The first-order chi connectivity index (χ1) is 9.49. The second-order valence-electron chi connectivity index (χ2n) is 4.66. The quantitative estimate of drug-likeness (QED) is 0.699. The highest BCUT2D eigenvalue weighted by molar-refractivity contribution is 5.87. The minimum Gasteiger partial charge on any atom is -0.368 e. The van der Waals surface area contributed by atoms with Gasteiger partial charge in [-0.3, -0.25) is 9.59 Å². The van der Waals surface area contributed by atoms with E-state index < -0.39 is 11.9 Å². The number of ether oxygens (including phenoxy) is 1. The van der Waals surface area contributed by atoms with E-state index in [9.17, 15) is 9.59 Å². The molecule has 5 nitrogen and oxygen atoms in total. The van der Waals surface area contributed by atoms with Gasteiger partial charge in [0.05, 0.1) is 6.61 Å². The minimum absolute atomic E-state index is 0.116. The topological polar surface area (TPSA) is 81.4 Å². The lowest BCUT2D eigenvalue weighted by Crippen LogP contribution is -2.45. The molecule has 0 spiro atoms. The van der Waals surface area contributed by atoms with Gasteiger partial charge in [-0.15, -0.1) is 6.58 Å². The summed E-state index contributed by atoms with van der Waals surface area (Å²) in [7, 11) is 0. The Labute approximate surface area is 118 Å². The van der Waals surface area contributed by atoms with Gasteiger partial charge in [-0.2, -0.15) is 0 Å². The van der Waals surface area contributed by atoms with E-state index in [1.54, 1.807) is 6.92 Å².